The lowest BCUT2D eigenvalue weighted by Gasteiger charge is -2.50. The Hall–Kier alpha value is -1.47. The van der Waals surface area contributed by atoms with Crippen molar-refractivity contribution in [1.29, 1.82) is 0 Å². The lowest BCUT2D eigenvalue weighted by molar-refractivity contribution is 0.164. The summed E-state index contributed by atoms with van der Waals surface area (Å²) >= 11 is 6.13. The van der Waals surface area contributed by atoms with E-state index in [1.807, 2.05) is 18.2 Å². The Balaban J connectivity index is 1.60. The molecule has 4 nitrogen and oxygen atoms in total. The summed E-state index contributed by atoms with van der Waals surface area (Å²) in [7, 11) is -3.54. The largest absolute Gasteiger partial charge is 0.309 e. The fraction of sp³-hybridized carbons (Fsp3) is 0.500. The summed E-state index contributed by atoms with van der Waals surface area (Å²) < 4.78 is 40.0. The van der Waals surface area contributed by atoms with Gasteiger partial charge >= 0.3 is 0 Å². The molecule has 2 aliphatic rings. The number of nitrogens with one attached hydrogen (secondary N) is 2. The lowest BCUT2D eigenvalue weighted by Crippen LogP contribution is -2.49. The van der Waals surface area contributed by atoms with Crippen LogP contribution in [0.15, 0.2) is 42.5 Å². The average Bonchev–Trinajstić information content (AvgIpc) is 2.73. The molecule has 2 unspecified atom stereocenters. The van der Waals surface area contributed by atoms with Gasteiger partial charge in [-0.2, -0.15) is 0 Å². The Morgan fingerprint density at radius 3 is 2.61 bits per heavy atom. The van der Waals surface area contributed by atoms with Crippen LogP contribution in [0, 0.1) is 0 Å². The predicted octanol–water partition coefficient (Wildman–Crippen LogP) is 4.82. The molecule has 0 bridgehead atoms. The van der Waals surface area contributed by atoms with Crippen LogP contribution in [0.25, 0.3) is 0 Å². The van der Waals surface area contributed by atoms with Gasteiger partial charge in [-0.3, -0.25) is 4.39 Å². The normalized spacial score (nSPS) is 21.2. The van der Waals surface area contributed by atoms with Crippen LogP contribution in [0.4, 0.5) is 4.39 Å². The zero-order valence-corrected chi connectivity index (χ0v) is 19.4. The van der Waals surface area contributed by atoms with E-state index >= 15 is 0 Å². The van der Waals surface area contributed by atoms with Crippen molar-refractivity contribution in [3.8, 4) is 0 Å². The summed E-state index contributed by atoms with van der Waals surface area (Å²) in [5.74, 6) is 0. The van der Waals surface area contributed by atoms with Crippen LogP contribution in [-0.2, 0) is 28.4 Å². The molecule has 0 aromatic heterocycles. The van der Waals surface area contributed by atoms with Crippen LogP contribution < -0.4 is 10.0 Å². The molecule has 0 radical (unpaired) electrons. The molecule has 1 heterocycles. The fourth-order valence-corrected chi connectivity index (χ4v) is 6.10. The van der Waals surface area contributed by atoms with E-state index < -0.39 is 21.9 Å². The van der Waals surface area contributed by atoms with E-state index in [1.54, 1.807) is 6.92 Å². The molecule has 2 aromatic rings. The number of halogens is 2. The number of hydrogen-bond donors (Lipinski definition) is 2. The van der Waals surface area contributed by atoms with E-state index in [4.69, 9.17) is 11.6 Å². The predicted molar refractivity (Wildman–Crippen MR) is 124 cm³/mol. The van der Waals surface area contributed by atoms with Gasteiger partial charge in [-0.25, -0.2) is 13.1 Å². The van der Waals surface area contributed by atoms with Crippen molar-refractivity contribution in [2.45, 2.75) is 62.3 Å². The minimum atomic E-state index is -3.54. The van der Waals surface area contributed by atoms with Crippen molar-refractivity contribution in [3.05, 3.63) is 69.7 Å². The molecule has 31 heavy (non-hydrogen) atoms. The van der Waals surface area contributed by atoms with Crippen molar-refractivity contribution in [2.24, 2.45) is 0 Å². The second-order valence-corrected chi connectivity index (χ2v) is 11.5. The van der Waals surface area contributed by atoms with Crippen molar-refractivity contribution in [2.75, 3.05) is 13.2 Å². The summed E-state index contributed by atoms with van der Waals surface area (Å²) in [4.78, 5) is 0. The van der Waals surface area contributed by atoms with Crippen molar-refractivity contribution < 1.29 is 12.8 Å². The van der Waals surface area contributed by atoms with E-state index in [9.17, 15) is 12.8 Å². The van der Waals surface area contributed by atoms with E-state index in [0.29, 0.717) is 0 Å². The Kier molecular flexibility index (Phi) is 6.73. The molecular weight excluding hydrogens is 435 g/mol. The smallest absolute Gasteiger partial charge is 0.214 e. The molecule has 1 aliphatic heterocycles. The molecule has 1 aliphatic carbocycles. The molecule has 4 rings (SSSR count). The van der Waals surface area contributed by atoms with Gasteiger partial charge in [0.15, 0.2) is 0 Å². The Morgan fingerprint density at radius 1 is 1.23 bits per heavy atom. The zero-order chi connectivity index (χ0) is 22.1. The second-order valence-electron chi connectivity index (χ2n) is 8.84. The molecule has 0 saturated heterocycles. The molecule has 0 spiro atoms. The number of rotatable bonds is 8. The SMILES string of the molecule is CC(CCF)S(=O)(=O)NCc1ccc2c(c1)C(C1(c3ccc(Cl)cc3)CCC1)NCC2. The minimum absolute atomic E-state index is 0.00905. The topological polar surface area (TPSA) is 58.2 Å². The Labute approximate surface area is 189 Å². The minimum Gasteiger partial charge on any atom is -0.309 e. The maximum Gasteiger partial charge on any atom is 0.214 e. The Bertz CT molecular complexity index is 1020. The van der Waals surface area contributed by atoms with Crippen LogP contribution in [-0.4, -0.2) is 26.9 Å². The van der Waals surface area contributed by atoms with Crippen molar-refractivity contribution in [3.63, 3.8) is 0 Å². The third kappa shape index (κ3) is 4.54. The van der Waals surface area contributed by atoms with Gasteiger partial charge in [-0.1, -0.05) is 48.4 Å². The number of benzene rings is 2. The summed E-state index contributed by atoms with van der Waals surface area (Å²) in [5.41, 5.74) is 4.84. The fourth-order valence-electron chi connectivity index (χ4n) is 4.92. The van der Waals surface area contributed by atoms with E-state index in [1.165, 1.54) is 23.1 Å². The van der Waals surface area contributed by atoms with Gasteiger partial charge in [0.1, 0.15) is 0 Å². The average molecular weight is 465 g/mol. The van der Waals surface area contributed by atoms with Gasteiger partial charge in [-0.05, 0) is 73.5 Å². The summed E-state index contributed by atoms with van der Waals surface area (Å²) in [6.07, 6.45) is 4.39. The van der Waals surface area contributed by atoms with Crippen LogP contribution >= 0.6 is 11.6 Å². The van der Waals surface area contributed by atoms with Gasteiger partial charge in [0.2, 0.25) is 10.0 Å². The molecule has 2 atom stereocenters. The zero-order valence-electron chi connectivity index (χ0n) is 17.8. The highest BCUT2D eigenvalue weighted by atomic mass is 35.5. The molecule has 0 amide bonds. The maximum atomic E-state index is 12.6. The third-order valence-electron chi connectivity index (χ3n) is 7.00. The first-order valence-corrected chi connectivity index (χ1v) is 12.9. The van der Waals surface area contributed by atoms with Crippen LogP contribution in [0.3, 0.4) is 0 Å². The van der Waals surface area contributed by atoms with Crippen LogP contribution in [0.1, 0.15) is 60.9 Å². The van der Waals surface area contributed by atoms with Gasteiger partial charge in [0.25, 0.3) is 0 Å². The maximum absolute atomic E-state index is 12.6. The monoisotopic (exact) mass is 464 g/mol. The van der Waals surface area contributed by atoms with E-state index in [2.05, 4.69) is 34.3 Å². The Morgan fingerprint density at radius 2 is 1.97 bits per heavy atom. The molecule has 168 valence electrons. The first-order valence-electron chi connectivity index (χ1n) is 11.0. The third-order valence-corrected chi connectivity index (χ3v) is 9.10. The highest BCUT2D eigenvalue weighted by Gasteiger charge is 2.47. The number of hydrogen-bond acceptors (Lipinski definition) is 3. The van der Waals surface area contributed by atoms with Crippen LogP contribution in [0.5, 0.6) is 0 Å². The van der Waals surface area contributed by atoms with E-state index in [-0.39, 0.29) is 24.4 Å². The number of sulfonamides is 1. The highest BCUT2D eigenvalue weighted by Crippen LogP contribution is 2.53. The number of fused-ring (bicyclic) bond motifs is 1. The van der Waals surface area contributed by atoms with Gasteiger partial charge in [0.05, 0.1) is 11.9 Å². The van der Waals surface area contributed by atoms with E-state index in [0.717, 1.165) is 36.4 Å². The van der Waals surface area contributed by atoms with Gasteiger partial charge < -0.3 is 5.32 Å². The second kappa shape index (κ2) is 9.18. The highest BCUT2D eigenvalue weighted by molar-refractivity contribution is 7.90. The molecule has 2 aromatic carbocycles. The van der Waals surface area contributed by atoms with Crippen molar-refractivity contribution >= 4 is 21.6 Å². The number of alkyl halides is 1. The summed E-state index contributed by atoms with van der Waals surface area (Å²) in [5, 5.41) is 3.75. The van der Waals surface area contributed by atoms with Crippen molar-refractivity contribution in [1.82, 2.24) is 10.0 Å². The van der Waals surface area contributed by atoms with Gasteiger partial charge in [-0.15, -0.1) is 0 Å². The standard InChI is InChI=1S/C24H30ClFN2O2S/c1-17(9-13-26)31(29,30)28-16-18-3-4-19-10-14-27-23(22(19)15-18)24(11-2-12-24)20-5-7-21(25)8-6-20/h3-8,15,17,23,27-28H,2,9-14,16H2,1H3. The first-order chi connectivity index (χ1) is 14.9. The quantitative estimate of drug-likeness (QED) is 0.589. The molecule has 1 fully saturated rings. The summed E-state index contributed by atoms with van der Waals surface area (Å²) in [6.45, 7) is 2.05. The molecule has 1 saturated carbocycles. The lowest BCUT2D eigenvalue weighted by atomic mass is 9.58. The molecule has 2 N–H and O–H groups in total. The van der Waals surface area contributed by atoms with Crippen LogP contribution in [0.2, 0.25) is 5.02 Å². The molecule has 7 heteroatoms. The molecular formula is C24H30ClFN2O2S. The van der Waals surface area contributed by atoms with Gasteiger partial charge in [0, 0.05) is 23.0 Å². The first kappa shape index (κ1) is 22.7. The summed E-state index contributed by atoms with van der Waals surface area (Å²) in [6, 6.07) is 14.7.